The van der Waals surface area contributed by atoms with Crippen molar-refractivity contribution in [1.82, 2.24) is 0 Å². The molecule has 0 amide bonds. The van der Waals surface area contributed by atoms with Crippen molar-refractivity contribution in [1.29, 1.82) is 0 Å². The monoisotopic (exact) mass is 187 g/mol. The molecule has 1 nitrogen and oxygen atoms in total. The Bertz CT molecular complexity index is 349. The van der Waals surface area contributed by atoms with Gasteiger partial charge in [0.05, 0.1) is 0 Å². The summed E-state index contributed by atoms with van der Waals surface area (Å²) in [6.45, 7) is 4.28. The SMILES string of the molecule is Cc1cc(C)cc(C=C2CC(N)C2)c1. The summed E-state index contributed by atoms with van der Waals surface area (Å²) in [6, 6.07) is 7.06. The zero-order chi connectivity index (χ0) is 10.1. The average Bonchev–Trinajstić information content (AvgIpc) is 1.99. The van der Waals surface area contributed by atoms with Crippen molar-refractivity contribution in [3.8, 4) is 0 Å². The van der Waals surface area contributed by atoms with E-state index in [9.17, 15) is 0 Å². The van der Waals surface area contributed by atoms with E-state index in [0.29, 0.717) is 6.04 Å². The molecule has 1 aromatic rings. The van der Waals surface area contributed by atoms with E-state index in [0.717, 1.165) is 12.8 Å². The largest absolute Gasteiger partial charge is 0.327 e. The number of aryl methyl sites for hydroxylation is 2. The van der Waals surface area contributed by atoms with E-state index in [-0.39, 0.29) is 0 Å². The molecule has 0 bridgehead atoms. The Labute approximate surface area is 85.6 Å². The Morgan fingerprint density at radius 1 is 1.14 bits per heavy atom. The highest BCUT2D eigenvalue weighted by Crippen LogP contribution is 2.27. The lowest BCUT2D eigenvalue weighted by Gasteiger charge is -2.25. The molecule has 14 heavy (non-hydrogen) atoms. The van der Waals surface area contributed by atoms with E-state index in [2.05, 4.69) is 38.1 Å². The van der Waals surface area contributed by atoms with Gasteiger partial charge in [0.15, 0.2) is 0 Å². The Kier molecular flexibility index (Phi) is 2.42. The maximum Gasteiger partial charge on any atom is 0.0114 e. The van der Waals surface area contributed by atoms with Crippen LogP contribution in [0.4, 0.5) is 0 Å². The molecule has 1 aromatic carbocycles. The van der Waals surface area contributed by atoms with Crippen molar-refractivity contribution in [2.45, 2.75) is 32.7 Å². The van der Waals surface area contributed by atoms with Gasteiger partial charge >= 0.3 is 0 Å². The van der Waals surface area contributed by atoms with Gasteiger partial charge in [-0.05, 0) is 32.3 Å². The quantitative estimate of drug-likeness (QED) is 0.718. The van der Waals surface area contributed by atoms with E-state index < -0.39 is 0 Å². The van der Waals surface area contributed by atoms with Gasteiger partial charge in [0.2, 0.25) is 0 Å². The second-order valence-corrected chi connectivity index (χ2v) is 4.39. The molecule has 0 saturated heterocycles. The fourth-order valence-electron chi connectivity index (χ4n) is 2.06. The van der Waals surface area contributed by atoms with Gasteiger partial charge < -0.3 is 5.73 Å². The van der Waals surface area contributed by atoms with Crippen molar-refractivity contribution in [2.24, 2.45) is 5.73 Å². The van der Waals surface area contributed by atoms with Crippen LogP contribution in [0.15, 0.2) is 23.8 Å². The number of benzene rings is 1. The number of hydrogen-bond donors (Lipinski definition) is 1. The Morgan fingerprint density at radius 2 is 1.71 bits per heavy atom. The second kappa shape index (κ2) is 3.58. The first kappa shape index (κ1) is 9.47. The van der Waals surface area contributed by atoms with Crippen LogP contribution in [0.3, 0.4) is 0 Å². The summed E-state index contributed by atoms with van der Waals surface area (Å²) in [5, 5.41) is 0. The molecule has 0 spiro atoms. The molecule has 0 radical (unpaired) electrons. The summed E-state index contributed by atoms with van der Waals surface area (Å²) in [7, 11) is 0. The van der Waals surface area contributed by atoms with E-state index in [1.165, 1.54) is 22.3 Å². The standard InChI is InChI=1S/C13H17N/c1-9-3-10(2)5-11(4-9)6-12-7-13(14)8-12/h3-6,13H,7-8,14H2,1-2H3. The van der Waals surface area contributed by atoms with E-state index >= 15 is 0 Å². The third-order valence-corrected chi connectivity index (χ3v) is 2.66. The normalized spacial score (nSPS) is 20.5. The summed E-state index contributed by atoms with van der Waals surface area (Å²) < 4.78 is 0. The maximum atomic E-state index is 5.74. The van der Waals surface area contributed by atoms with Gasteiger partial charge in [0.25, 0.3) is 0 Å². The molecular weight excluding hydrogens is 170 g/mol. The Hall–Kier alpha value is -1.08. The van der Waals surface area contributed by atoms with Crippen molar-refractivity contribution in [3.63, 3.8) is 0 Å². The first-order valence-electron chi connectivity index (χ1n) is 5.17. The van der Waals surface area contributed by atoms with Crippen LogP contribution < -0.4 is 5.73 Å². The van der Waals surface area contributed by atoms with Crippen LogP contribution in [-0.2, 0) is 0 Å². The molecule has 0 heterocycles. The lowest BCUT2D eigenvalue weighted by atomic mass is 9.86. The zero-order valence-electron chi connectivity index (χ0n) is 8.88. The molecule has 2 rings (SSSR count). The summed E-state index contributed by atoms with van der Waals surface area (Å²) in [4.78, 5) is 0. The van der Waals surface area contributed by atoms with Crippen LogP contribution in [0.5, 0.6) is 0 Å². The first-order valence-corrected chi connectivity index (χ1v) is 5.17. The lowest BCUT2D eigenvalue weighted by Crippen LogP contribution is -2.29. The summed E-state index contributed by atoms with van der Waals surface area (Å²) in [6.07, 6.45) is 4.43. The molecular formula is C13H17N. The van der Waals surface area contributed by atoms with Gasteiger partial charge in [0.1, 0.15) is 0 Å². The Balaban J connectivity index is 2.21. The molecule has 74 valence electrons. The minimum atomic E-state index is 0.409. The first-order chi connectivity index (χ1) is 6.63. The van der Waals surface area contributed by atoms with Crippen molar-refractivity contribution < 1.29 is 0 Å². The molecule has 1 saturated carbocycles. The fraction of sp³-hybridized carbons (Fsp3) is 0.385. The zero-order valence-corrected chi connectivity index (χ0v) is 8.88. The molecule has 0 unspecified atom stereocenters. The topological polar surface area (TPSA) is 26.0 Å². The second-order valence-electron chi connectivity index (χ2n) is 4.39. The van der Waals surface area contributed by atoms with Crippen LogP contribution in [0.1, 0.15) is 29.5 Å². The van der Waals surface area contributed by atoms with E-state index in [1.807, 2.05) is 0 Å². The predicted molar refractivity (Wildman–Crippen MR) is 61.1 cm³/mol. The van der Waals surface area contributed by atoms with Gasteiger partial charge in [0, 0.05) is 6.04 Å². The number of hydrogen-bond acceptors (Lipinski definition) is 1. The van der Waals surface area contributed by atoms with Gasteiger partial charge in [-0.3, -0.25) is 0 Å². The maximum absolute atomic E-state index is 5.74. The third kappa shape index (κ3) is 2.05. The van der Waals surface area contributed by atoms with Crippen molar-refractivity contribution in [3.05, 3.63) is 40.5 Å². The van der Waals surface area contributed by atoms with Crippen LogP contribution in [-0.4, -0.2) is 6.04 Å². The molecule has 1 heteroatoms. The highest BCUT2D eigenvalue weighted by Gasteiger charge is 2.18. The number of nitrogens with two attached hydrogens (primary N) is 1. The van der Waals surface area contributed by atoms with Crippen LogP contribution in [0.25, 0.3) is 6.08 Å². The van der Waals surface area contributed by atoms with Gasteiger partial charge in [-0.1, -0.05) is 41.0 Å². The van der Waals surface area contributed by atoms with Crippen LogP contribution in [0.2, 0.25) is 0 Å². The predicted octanol–water partition coefficient (Wildman–Crippen LogP) is 2.81. The van der Waals surface area contributed by atoms with Gasteiger partial charge in [-0.2, -0.15) is 0 Å². The smallest absolute Gasteiger partial charge is 0.0114 e. The summed E-state index contributed by atoms with van der Waals surface area (Å²) >= 11 is 0. The molecule has 0 atom stereocenters. The third-order valence-electron chi connectivity index (χ3n) is 2.66. The van der Waals surface area contributed by atoms with Crippen molar-refractivity contribution >= 4 is 6.08 Å². The summed E-state index contributed by atoms with van der Waals surface area (Å²) in [5.41, 5.74) is 11.2. The highest BCUT2D eigenvalue weighted by molar-refractivity contribution is 5.56. The molecule has 2 N–H and O–H groups in total. The molecule has 1 aliphatic rings. The molecule has 1 aliphatic carbocycles. The van der Waals surface area contributed by atoms with E-state index in [1.54, 1.807) is 0 Å². The van der Waals surface area contributed by atoms with Crippen LogP contribution in [0, 0.1) is 13.8 Å². The van der Waals surface area contributed by atoms with Gasteiger partial charge in [-0.25, -0.2) is 0 Å². The minimum absolute atomic E-state index is 0.409. The van der Waals surface area contributed by atoms with Crippen LogP contribution >= 0.6 is 0 Å². The molecule has 0 aromatic heterocycles. The molecule has 1 fully saturated rings. The highest BCUT2D eigenvalue weighted by atomic mass is 14.7. The van der Waals surface area contributed by atoms with Gasteiger partial charge in [-0.15, -0.1) is 0 Å². The number of rotatable bonds is 1. The van der Waals surface area contributed by atoms with Crippen molar-refractivity contribution in [2.75, 3.05) is 0 Å². The lowest BCUT2D eigenvalue weighted by molar-refractivity contribution is 0.547. The van der Waals surface area contributed by atoms with E-state index in [4.69, 9.17) is 5.73 Å². The summed E-state index contributed by atoms with van der Waals surface area (Å²) in [5.74, 6) is 0. The Morgan fingerprint density at radius 3 is 2.21 bits per heavy atom. The fourth-order valence-corrected chi connectivity index (χ4v) is 2.06. The molecule has 0 aliphatic heterocycles. The minimum Gasteiger partial charge on any atom is -0.327 e. The average molecular weight is 187 g/mol.